The van der Waals surface area contributed by atoms with E-state index >= 15 is 0 Å². The van der Waals surface area contributed by atoms with Crippen molar-refractivity contribution in [2.45, 2.75) is 43.0 Å². The third kappa shape index (κ3) is 5.07. The summed E-state index contributed by atoms with van der Waals surface area (Å²) >= 11 is 0. The molecule has 2 aromatic carbocycles. The molecule has 0 unspecified atom stereocenters. The maximum Gasteiger partial charge on any atom is 0.412 e. The first-order valence-electron chi connectivity index (χ1n) is 8.91. The summed E-state index contributed by atoms with van der Waals surface area (Å²) in [5, 5.41) is 2.84. The highest BCUT2D eigenvalue weighted by atomic mass is 32.2. The topological polar surface area (TPSA) is 72.5 Å². The van der Waals surface area contributed by atoms with Gasteiger partial charge in [0.25, 0.3) is 0 Å². The number of benzene rings is 2. The van der Waals surface area contributed by atoms with Gasteiger partial charge in [0.2, 0.25) is 0 Å². The van der Waals surface area contributed by atoms with Crippen molar-refractivity contribution in [3.63, 3.8) is 0 Å². The van der Waals surface area contributed by atoms with Crippen LogP contribution in [0.4, 0.5) is 9.18 Å². The van der Waals surface area contributed by atoms with Crippen LogP contribution in [-0.4, -0.2) is 26.8 Å². The number of sulfone groups is 1. The molecule has 144 valence electrons. The standard InChI is InChI=1S/C20H22FNO4S/c1-27(24,25)17-9-5-6-14(12-17)18-13-16(10-11-19(18)21)26-20(23)22-15-7-3-2-4-8-15/h5-6,9-13,15H,2-4,7-8H2,1H3,(H,22,23). The first kappa shape index (κ1) is 19.4. The van der Waals surface area contributed by atoms with Gasteiger partial charge in [0.15, 0.2) is 9.84 Å². The average Bonchev–Trinajstić information content (AvgIpc) is 2.63. The molecule has 0 aliphatic heterocycles. The van der Waals surface area contributed by atoms with Gasteiger partial charge >= 0.3 is 6.09 Å². The number of hydrogen-bond donors (Lipinski definition) is 1. The number of carbonyl (C=O) groups excluding carboxylic acids is 1. The number of rotatable bonds is 4. The van der Waals surface area contributed by atoms with E-state index in [1.54, 1.807) is 12.1 Å². The second kappa shape index (κ2) is 8.08. The molecule has 1 amide bonds. The second-order valence-corrected chi connectivity index (χ2v) is 8.83. The Hall–Kier alpha value is -2.41. The van der Waals surface area contributed by atoms with E-state index in [1.807, 2.05) is 0 Å². The Morgan fingerprint density at radius 2 is 1.85 bits per heavy atom. The lowest BCUT2D eigenvalue weighted by atomic mass is 9.96. The zero-order chi connectivity index (χ0) is 19.4. The van der Waals surface area contributed by atoms with Crippen LogP contribution in [0.2, 0.25) is 0 Å². The fourth-order valence-electron chi connectivity index (χ4n) is 3.23. The van der Waals surface area contributed by atoms with Gasteiger partial charge in [-0.05, 0) is 48.7 Å². The van der Waals surface area contributed by atoms with Gasteiger partial charge in [-0.2, -0.15) is 0 Å². The van der Waals surface area contributed by atoms with Crippen LogP contribution in [0.25, 0.3) is 11.1 Å². The molecular formula is C20H22FNO4S. The average molecular weight is 391 g/mol. The molecule has 5 nitrogen and oxygen atoms in total. The van der Waals surface area contributed by atoms with Crippen molar-refractivity contribution in [1.29, 1.82) is 0 Å². The summed E-state index contributed by atoms with van der Waals surface area (Å²) in [7, 11) is -3.41. The van der Waals surface area contributed by atoms with Gasteiger partial charge in [-0.1, -0.05) is 31.4 Å². The molecule has 2 aromatic rings. The van der Waals surface area contributed by atoms with Gasteiger partial charge in [0.05, 0.1) is 4.90 Å². The van der Waals surface area contributed by atoms with Gasteiger partial charge in [-0.15, -0.1) is 0 Å². The summed E-state index contributed by atoms with van der Waals surface area (Å²) in [5.41, 5.74) is 0.567. The molecule has 1 fully saturated rings. The Balaban J connectivity index is 1.79. The molecule has 0 radical (unpaired) electrons. The molecule has 0 saturated heterocycles. The van der Waals surface area contributed by atoms with Crippen molar-refractivity contribution >= 4 is 15.9 Å². The largest absolute Gasteiger partial charge is 0.412 e. The predicted octanol–water partition coefficient (Wildman–Crippen LogP) is 4.32. The van der Waals surface area contributed by atoms with E-state index in [9.17, 15) is 17.6 Å². The summed E-state index contributed by atoms with van der Waals surface area (Å²) in [6.45, 7) is 0. The maximum absolute atomic E-state index is 14.3. The van der Waals surface area contributed by atoms with Crippen molar-refractivity contribution in [2.24, 2.45) is 0 Å². The summed E-state index contributed by atoms with van der Waals surface area (Å²) in [4.78, 5) is 12.2. The first-order valence-corrected chi connectivity index (χ1v) is 10.8. The number of halogens is 1. The van der Waals surface area contributed by atoms with Crippen molar-refractivity contribution in [3.05, 3.63) is 48.3 Å². The number of nitrogens with one attached hydrogen (secondary N) is 1. The highest BCUT2D eigenvalue weighted by molar-refractivity contribution is 7.90. The minimum absolute atomic E-state index is 0.0979. The van der Waals surface area contributed by atoms with E-state index in [0.717, 1.165) is 31.9 Å². The molecule has 1 saturated carbocycles. The highest BCUT2D eigenvalue weighted by Gasteiger charge is 2.17. The lowest BCUT2D eigenvalue weighted by molar-refractivity contribution is 0.192. The van der Waals surface area contributed by atoms with E-state index in [2.05, 4.69) is 5.32 Å². The molecule has 0 spiro atoms. The summed E-state index contributed by atoms with van der Waals surface area (Å²) < 4.78 is 43.0. The van der Waals surface area contributed by atoms with E-state index in [0.29, 0.717) is 5.56 Å². The number of amides is 1. The van der Waals surface area contributed by atoms with Crippen molar-refractivity contribution in [3.8, 4) is 16.9 Å². The Bertz CT molecular complexity index is 937. The lowest BCUT2D eigenvalue weighted by Gasteiger charge is -2.22. The molecule has 3 rings (SSSR count). The monoisotopic (exact) mass is 391 g/mol. The van der Waals surface area contributed by atoms with Crippen LogP contribution >= 0.6 is 0 Å². The molecule has 0 heterocycles. The molecule has 27 heavy (non-hydrogen) atoms. The SMILES string of the molecule is CS(=O)(=O)c1cccc(-c2cc(OC(=O)NC3CCCCC3)ccc2F)c1. The molecule has 1 N–H and O–H groups in total. The smallest absolute Gasteiger partial charge is 0.410 e. The first-order chi connectivity index (χ1) is 12.8. The summed E-state index contributed by atoms with van der Waals surface area (Å²) in [6.07, 6.45) is 5.75. The normalized spacial score (nSPS) is 15.3. The third-order valence-corrected chi connectivity index (χ3v) is 5.76. The van der Waals surface area contributed by atoms with Crippen LogP contribution in [0.1, 0.15) is 32.1 Å². The van der Waals surface area contributed by atoms with Crippen LogP contribution in [0.15, 0.2) is 47.4 Å². The quantitative estimate of drug-likeness (QED) is 0.843. The van der Waals surface area contributed by atoms with E-state index < -0.39 is 21.7 Å². The van der Waals surface area contributed by atoms with Crippen LogP contribution in [0.5, 0.6) is 5.75 Å². The zero-order valence-corrected chi connectivity index (χ0v) is 15.9. The highest BCUT2D eigenvalue weighted by Crippen LogP contribution is 2.29. The Morgan fingerprint density at radius 1 is 1.11 bits per heavy atom. The molecule has 1 aliphatic carbocycles. The van der Waals surface area contributed by atoms with Crippen LogP contribution in [0, 0.1) is 5.82 Å². The van der Waals surface area contributed by atoms with Gasteiger partial charge in [-0.25, -0.2) is 17.6 Å². The summed E-state index contributed by atoms with van der Waals surface area (Å²) in [5.74, 6) is -0.329. The predicted molar refractivity (Wildman–Crippen MR) is 101 cm³/mol. The Kier molecular flexibility index (Phi) is 5.79. The van der Waals surface area contributed by atoms with Crippen molar-refractivity contribution in [2.75, 3.05) is 6.26 Å². The van der Waals surface area contributed by atoms with Gasteiger partial charge in [-0.3, -0.25) is 0 Å². The molecular weight excluding hydrogens is 369 g/mol. The maximum atomic E-state index is 14.3. The molecule has 0 atom stereocenters. The fraction of sp³-hybridized carbons (Fsp3) is 0.350. The summed E-state index contributed by atoms with van der Waals surface area (Å²) in [6, 6.07) is 10.1. The fourth-order valence-corrected chi connectivity index (χ4v) is 3.90. The van der Waals surface area contributed by atoms with Crippen molar-refractivity contribution < 1.29 is 22.3 Å². The number of carbonyl (C=O) groups is 1. The number of ether oxygens (including phenoxy) is 1. The molecule has 0 aromatic heterocycles. The van der Waals surface area contributed by atoms with E-state index in [1.165, 1.54) is 36.8 Å². The van der Waals surface area contributed by atoms with Gasteiger partial charge in [0, 0.05) is 17.9 Å². The Labute approximate surface area is 158 Å². The van der Waals surface area contributed by atoms with Crippen LogP contribution in [0.3, 0.4) is 0 Å². The second-order valence-electron chi connectivity index (χ2n) is 6.81. The molecule has 1 aliphatic rings. The van der Waals surface area contributed by atoms with Crippen LogP contribution < -0.4 is 10.1 Å². The minimum atomic E-state index is -3.41. The van der Waals surface area contributed by atoms with Crippen LogP contribution in [-0.2, 0) is 9.84 Å². The molecule has 0 bridgehead atoms. The van der Waals surface area contributed by atoms with Crippen molar-refractivity contribution in [1.82, 2.24) is 5.32 Å². The van der Waals surface area contributed by atoms with E-state index in [-0.39, 0.29) is 22.3 Å². The molecule has 7 heteroatoms. The minimum Gasteiger partial charge on any atom is -0.410 e. The van der Waals surface area contributed by atoms with Gasteiger partial charge < -0.3 is 10.1 Å². The third-order valence-electron chi connectivity index (χ3n) is 4.65. The lowest BCUT2D eigenvalue weighted by Crippen LogP contribution is -2.38. The Morgan fingerprint density at radius 3 is 2.56 bits per heavy atom. The van der Waals surface area contributed by atoms with Gasteiger partial charge in [0.1, 0.15) is 11.6 Å². The zero-order valence-electron chi connectivity index (χ0n) is 15.1. The van der Waals surface area contributed by atoms with E-state index in [4.69, 9.17) is 4.74 Å². The number of hydrogen-bond acceptors (Lipinski definition) is 4.